The van der Waals surface area contributed by atoms with E-state index >= 15 is 0 Å². The maximum atomic E-state index is 12.2. The van der Waals surface area contributed by atoms with Gasteiger partial charge < -0.3 is 19.4 Å². The monoisotopic (exact) mass is 342 g/mol. The maximum absolute atomic E-state index is 12.2. The molecule has 0 aromatic carbocycles. The summed E-state index contributed by atoms with van der Waals surface area (Å²) in [4.78, 5) is 14.0. The summed E-state index contributed by atoms with van der Waals surface area (Å²) in [5, 5.41) is 2.83. The summed E-state index contributed by atoms with van der Waals surface area (Å²) in [6.07, 6.45) is 1.90. The zero-order chi connectivity index (χ0) is 14.5. The van der Waals surface area contributed by atoms with E-state index < -0.39 is 0 Å². The van der Waals surface area contributed by atoms with E-state index in [2.05, 4.69) is 27.8 Å². The molecule has 2 amide bonds. The average Bonchev–Trinajstić information content (AvgIpc) is 3.04. The Hall–Kier alpha value is -1.27. The largest absolute Gasteiger partial charge is 0.461 e. The average molecular weight is 343 g/mol. The van der Waals surface area contributed by atoms with Crippen molar-refractivity contribution in [2.45, 2.75) is 25.5 Å². The number of carbonyl (C=O) groups excluding carboxylic acids is 1. The van der Waals surface area contributed by atoms with E-state index in [1.807, 2.05) is 17.0 Å². The molecule has 1 aromatic heterocycles. The normalized spacial score (nSPS) is 18.3. The van der Waals surface area contributed by atoms with Gasteiger partial charge in [0.15, 0.2) is 0 Å². The van der Waals surface area contributed by atoms with Crippen LogP contribution in [0.4, 0.5) is 4.79 Å². The van der Waals surface area contributed by atoms with Gasteiger partial charge in [-0.3, -0.25) is 0 Å². The molecule has 1 aliphatic rings. The lowest BCUT2D eigenvalue weighted by molar-refractivity contribution is 0.156. The van der Waals surface area contributed by atoms with Crippen LogP contribution >= 0.6 is 15.9 Å². The van der Waals surface area contributed by atoms with Crippen LogP contribution in [-0.4, -0.2) is 31.1 Å². The molecule has 20 heavy (non-hydrogen) atoms. The zero-order valence-corrected chi connectivity index (χ0v) is 13.1. The van der Waals surface area contributed by atoms with Crippen LogP contribution in [0.25, 0.3) is 0 Å². The van der Waals surface area contributed by atoms with Crippen molar-refractivity contribution in [1.82, 2.24) is 10.2 Å². The van der Waals surface area contributed by atoms with E-state index in [1.54, 1.807) is 7.11 Å². The molecule has 2 rings (SSSR count). The van der Waals surface area contributed by atoms with Gasteiger partial charge in [0.05, 0.1) is 12.6 Å². The zero-order valence-electron chi connectivity index (χ0n) is 11.5. The number of urea groups is 1. The van der Waals surface area contributed by atoms with Gasteiger partial charge in [-0.2, -0.15) is 0 Å². The van der Waals surface area contributed by atoms with Crippen LogP contribution in [0.15, 0.2) is 27.6 Å². The van der Waals surface area contributed by atoms with Crippen molar-refractivity contribution >= 4 is 22.0 Å². The first-order valence-corrected chi connectivity index (χ1v) is 7.36. The molecule has 1 aromatic rings. The van der Waals surface area contributed by atoms with Crippen LogP contribution in [0, 0.1) is 0 Å². The lowest BCUT2D eigenvalue weighted by Crippen LogP contribution is -2.39. The van der Waals surface area contributed by atoms with Gasteiger partial charge in [-0.1, -0.05) is 22.5 Å². The summed E-state index contributed by atoms with van der Waals surface area (Å²) in [5.74, 6) is 1.60. The predicted octanol–water partition coefficient (Wildman–Crippen LogP) is 3.18. The second-order valence-corrected chi connectivity index (χ2v) is 5.89. The SMILES string of the molecule is C=C(Br)CNC(=O)N1CCC[C@H]1c1ccc(COC)o1. The predicted molar refractivity (Wildman–Crippen MR) is 79.6 cm³/mol. The fraction of sp³-hybridized carbons (Fsp3) is 0.500. The molecule has 0 aliphatic carbocycles. The molecule has 0 bridgehead atoms. The molecule has 1 saturated heterocycles. The Morgan fingerprint density at radius 2 is 2.45 bits per heavy atom. The molecule has 0 saturated carbocycles. The number of hydrogen-bond donors (Lipinski definition) is 1. The summed E-state index contributed by atoms with van der Waals surface area (Å²) < 4.78 is 11.5. The van der Waals surface area contributed by atoms with Crippen molar-refractivity contribution in [3.8, 4) is 0 Å². The first-order chi connectivity index (χ1) is 9.61. The Labute approximate surface area is 127 Å². The number of nitrogens with one attached hydrogen (secondary N) is 1. The molecular weight excluding hydrogens is 324 g/mol. The summed E-state index contributed by atoms with van der Waals surface area (Å²) in [7, 11) is 1.63. The van der Waals surface area contributed by atoms with Crippen molar-refractivity contribution in [2.75, 3.05) is 20.2 Å². The molecule has 1 N–H and O–H groups in total. The highest BCUT2D eigenvalue weighted by atomic mass is 79.9. The number of carbonyl (C=O) groups is 1. The van der Waals surface area contributed by atoms with E-state index in [0.717, 1.165) is 35.4 Å². The quantitative estimate of drug-likeness (QED) is 0.893. The molecule has 110 valence electrons. The summed E-state index contributed by atoms with van der Waals surface area (Å²) in [5.41, 5.74) is 0. The molecule has 1 aliphatic heterocycles. The molecule has 0 radical (unpaired) electrons. The van der Waals surface area contributed by atoms with Gasteiger partial charge in [0, 0.05) is 18.1 Å². The fourth-order valence-electron chi connectivity index (χ4n) is 2.37. The summed E-state index contributed by atoms with van der Waals surface area (Å²) >= 11 is 3.23. The highest BCUT2D eigenvalue weighted by Crippen LogP contribution is 2.33. The van der Waals surface area contributed by atoms with E-state index in [1.165, 1.54) is 0 Å². The van der Waals surface area contributed by atoms with Crippen molar-refractivity contribution < 1.29 is 13.9 Å². The Balaban J connectivity index is 2.02. The molecule has 1 fully saturated rings. The number of ether oxygens (including phenoxy) is 1. The first-order valence-electron chi connectivity index (χ1n) is 6.57. The molecule has 0 unspecified atom stereocenters. The second-order valence-electron chi connectivity index (χ2n) is 4.76. The van der Waals surface area contributed by atoms with Crippen LogP contribution < -0.4 is 5.32 Å². The number of halogens is 1. The minimum absolute atomic E-state index is 0.00389. The number of hydrogen-bond acceptors (Lipinski definition) is 3. The molecule has 0 spiro atoms. The highest BCUT2D eigenvalue weighted by Gasteiger charge is 2.32. The van der Waals surface area contributed by atoms with Crippen molar-refractivity contribution in [3.63, 3.8) is 0 Å². The number of furan rings is 1. The van der Waals surface area contributed by atoms with Gasteiger partial charge in [0.2, 0.25) is 0 Å². The molecule has 1 atom stereocenters. The van der Waals surface area contributed by atoms with E-state index in [9.17, 15) is 4.79 Å². The van der Waals surface area contributed by atoms with Gasteiger partial charge in [-0.15, -0.1) is 0 Å². The number of amides is 2. The maximum Gasteiger partial charge on any atom is 0.318 e. The highest BCUT2D eigenvalue weighted by molar-refractivity contribution is 9.11. The van der Waals surface area contributed by atoms with Crippen LogP contribution in [0.5, 0.6) is 0 Å². The van der Waals surface area contributed by atoms with Gasteiger partial charge in [0.25, 0.3) is 0 Å². The summed E-state index contributed by atoms with van der Waals surface area (Å²) in [6, 6.07) is 3.74. The van der Waals surface area contributed by atoms with Gasteiger partial charge in [-0.05, 0) is 25.0 Å². The van der Waals surface area contributed by atoms with E-state index in [0.29, 0.717) is 13.2 Å². The van der Waals surface area contributed by atoms with Crippen molar-refractivity contribution in [3.05, 3.63) is 34.7 Å². The third-order valence-electron chi connectivity index (χ3n) is 3.24. The number of likely N-dealkylation sites (tertiary alicyclic amines) is 1. The molecule has 6 heteroatoms. The molecule has 5 nitrogen and oxygen atoms in total. The minimum Gasteiger partial charge on any atom is -0.461 e. The van der Waals surface area contributed by atoms with Crippen molar-refractivity contribution in [2.24, 2.45) is 0 Å². The Kier molecular flexibility index (Phi) is 5.25. The van der Waals surface area contributed by atoms with Crippen LogP contribution in [-0.2, 0) is 11.3 Å². The Bertz CT molecular complexity index is 487. The van der Waals surface area contributed by atoms with Crippen LogP contribution in [0.3, 0.4) is 0 Å². The fourth-order valence-corrected chi connectivity index (χ4v) is 2.51. The first kappa shape index (κ1) is 15.1. The van der Waals surface area contributed by atoms with Gasteiger partial charge in [0.1, 0.15) is 18.1 Å². The number of nitrogens with zero attached hydrogens (tertiary/aromatic N) is 1. The van der Waals surface area contributed by atoms with Gasteiger partial charge >= 0.3 is 6.03 Å². The van der Waals surface area contributed by atoms with Gasteiger partial charge in [-0.25, -0.2) is 4.79 Å². The summed E-state index contributed by atoms with van der Waals surface area (Å²) in [6.45, 7) is 5.32. The lowest BCUT2D eigenvalue weighted by Gasteiger charge is -2.23. The lowest BCUT2D eigenvalue weighted by atomic mass is 10.2. The third-order valence-corrected chi connectivity index (χ3v) is 3.52. The molecule has 2 heterocycles. The molecular formula is C14H19BrN2O3. The van der Waals surface area contributed by atoms with Crippen LogP contribution in [0.1, 0.15) is 30.4 Å². The van der Waals surface area contributed by atoms with Crippen molar-refractivity contribution in [1.29, 1.82) is 0 Å². The standard InChI is InChI=1S/C14H19BrN2O3/c1-10(15)8-16-14(18)17-7-3-4-12(17)13-6-5-11(20-13)9-19-2/h5-6,12H,1,3-4,7-9H2,2H3,(H,16,18)/t12-/m0/s1. The minimum atomic E-state index is -0.0854. The Morgan fingerprint density at radius 1 is 1.65 bits per heavy atom. The third kappa shape index (κ3) is 3.64. The van der Waals surface area contributed by atoms with E-state index in [4.69, 9.17) is 9.15 Å². The Morgan fingerprint density at radius 3 is 3.15 bits per heavy atom. The number of rotatable bonds is 5. The van der Waals surface area contributed by atoms with Crippen LogP contribution in [0.2, 0.25) is 0 Å². The smallest absolute Gasteiger partial charge is 0.318 e. The number of methoxy groups -OCH3 is 1. The topological polar surface area (TPSA) is 54.7 Å². The second kappa shape index (κ2) is 6.95. The van der Waals surface area contributed by atoms with E-state index in [-0.39, 0.29) is 12.1 Å².